The maximum absolute atomic E-state index is 8.44. The van der Waals surface area contributed by atoms with Crippen molar-refractivity contribution >= 4 is 0 Å². The zero-order valence-corrected chi connectivity index (χ0v) is 8.83. The van der Waals surface area contributed by atoms with Crippen molar-refractivity contribution in [2.24, 2.45) is 4.19 Å². The Hall–Kier alpha value is -0.787. The van der Waals surface area contributed by atoms with Gasteiger partial charge in [0.05, 0.1) is 0 Å². The van der Waals surface area contributed by atoms with Gasteiger partial charge in [-0.25, -0.2) is 0 Å². The Bertz CT molecular complexity index is 76.0. The van der Waals surface area contributed by atoms with Crippen LogP contribution in [0.5, 0.6) is 0 Å². The van der Waals surface area contributed by atoms with E-state index in [1.807, 2.05) is 4.19 Å². The number of hydrogen-bond acceptors (Lipinski definition) is 5. The van der Waals surface area contributed by atoms with E-state index in [9.17, 15) is 0 Å². The van der Waals surface area contributed by atoms with E-state index >= 15 is 0 Å². The molecule has 0 rings (SSSR count). The van der Waals surface area contributed by atoms with Crippen molar-refractivity contribution in [2.75, 3.05) is 0 Å². The molecule has 10 heavy (non-hydrogen) atoms. The van der Waals surface area contributed by atoms with E-state index in [-0.39, 0.29) is 19.5 Å². The van der Waals surface area contributed by atoms with Crippen molar-refractivity contribution in [3.63, 3.8) is 0 Å². The van der Waals surface area contributed by atoms with Crippen molar-refractivity contribution in [1.29, 1.82) is 15.8 Å². The van der Waals surface area contributed by atoms with Crippen LogP contribution in [0.25, 0.3) is 0 Å². The Morgan fingerprint density at radius 2 is 1.00 bits per heavy atom. The third-order valence-corrected chi connectivity index (χ3v) is 0. The third-order valence-electron chi connectivity index (χ3n) is 0. The van der Waals surface area contributed by atoms with Gasteiger partial charge in [-0.05, 0) is 0 Å². The van der Waals surface area contributed by atoms with Gasteiger partial charge in [0.25, 0.3) is 0 Å². The van der Waals surface area contributed by atoms with Gasteiger partial charge in [-0.15, -0.1) is 0 Å². The fourth-order valence-corrected chi connectivity index (χ4v) is 0. The molecule has 0 amide bonds. The third kappa shape index (κ3) is 449. The second-order valence-electron chi connectivity index (χ2n) is 0.0645. The van der Waals surface area contributed by atoms with Crippen molar-refractivity contribution in [2.45, 2.75) is 0 Å². The quantitative estimate of drug-likeness (QED) is 0.343. The van der Waals surface area contributed by atoms with Gasteiger partial charge in [-0.1, -0.05) is 0 Å². The molecule has 0 atom stereocenters. The Morgan fingerprint density at radius 3 is 1.00 bits per heavy atom. The van der Waals surface area contributed by atoms with Crippen LogP contribution in [0.1, 0.15) is 0 Å². The first kappa shape index (κ1) is 35.0. The SMILES string of the molecule is O=[N][Fe+].[C-]#N.[C-]#N.[C-]#N.[Zn+2]. The molecule has 0 bridgehead atoms. The molecule has 48 valence electrons. The Balaban J connectivity index is -0.0000000110. The molecule has 0 aliphatic heterocycles. The summed E-state index contributed by atoms with van der Waals surface area (Å²) in [6, 6.07) is 0. The maximum Gasteiger partial charge on any atom is 2.00 e. The van der Waals surface area contributed by atoms with E-state index in [0.717, 1.165) is 0 Å². The molecule has 0 aliphatic carbocycles. The topological polar surface area (TPSA) is 101 Å². The fourth-order valence-electron chi connectivity index (χ4n) is 0. The number of nitroso groups, excluding NO2 is 1. The summed E-state index contributed by atoms with van der Waals surface area (Å²) < 4.78 is 2.00. The van der Waals surface area contributed by atoms with E-state index in [0.29, 0.717) is 0 Å². The fraction of sp³-hybridized carbons (Fsp3) is 0. The van der Waals surface area contributed by atoms with Crippen molar-refractivity contribution in [3.8, 4) is 0 Å². The van der Waals surface area contributed by atoms with Crippen LogP contribution in [0.3, 0.4) is 0 Å². The molecule has 0 saturated heterocycles. The van der Waals surface area contributed by atoms with E-state index in [2.05, 4.69) is 16.2 Å². The largest absolute Gasteiger partial charge is 2.00 e. The molecule has 0 saturated carbocycles. The predicted molar refractivity (Wildman–Crippen MR) is 20.7 cm³/mol. The molecule has 0 aromatic heterocycles. The second kappa shape index (κ2) is 9430. The van der Waals surface area contributed by atoms with Crippen molar-refractivity contribution < 1.29 is 35.7 Å². The maximum atomic E-state index is 8.44. The van der Waals surface area contributed by atoms with Crippen molar-refractivity contribution in [1.82, 2.24) is 0 Å². The van der Waals surface area contributed by atoms with Crippen LogP contribution in [0, 0.1) is 40.4 Å². The molecule has 0 unspecified atom stereocenters. The first-order valence-electron chi connectivity index (χ1n) is 1.01. The monoisotopic (exact) mass is 228 g/mol. The molecule has 0 radical (unpaired) electrons. The summed E-state index contributed by atoms with van der Waals surface area (Å²) in [5, 5.41) is 18.8. The predicted octanol–water partition coefficient (Wildman–Crippen LogP) is 0.501. The van der Waals surface area contributed by atoms with E-state index < -0.39 is 0 Å². The van der Waals surface area contributed by atoms with Crippen LogP contribution in [0.15, 0.2) is 4.19 Å². The second-order valence-corrected chi connectivity index (χ2v) is 0.266. The minimum Gasteiger partial charge on any atom is -0.512 e. The number of nitrogens with zero attached hydrogens (tertiary/aromatic N) is 4. The smallest absolute Gasteiger partial charge is 0.512 e. The van der Waals surface area contributed by atoms with Crippen LogP contribution >= 0.6 is 0 Å². The Kier molecular flexibility index (Phi) is 33000. The first-order chi connectivity index (χ1) is 4.41. The van der Waals surface area contributed by atoms with Gasteiger partial charge in [-0.2, -0.15) is 0 Å². The summed E-state index contributed by atoms with van der Waals surface area (Å²) in [6.07, 6.45) is 0. The molecule has 0 spiro atoms. The molecule has 0 aromatic rings. The summed E-state index contributed by atoms with van der Waals surface area (Å²) in [4.78, 5) is 8.44. The number of rotatable bonds is 0. The van der Waals surface area contributed by atoms with Gasteiger partial charge in [0.15, 0.2) is 0 Å². The van der Waals surface area contributed by atoms with E-state index in [4.69, 9.17) is 40.4 Å². The standard InChI is InChI=1S/3CN.Fe.NO.Zn/c3*1-2;;1-2;/q3*-1;+2;-1;+2. The van der Waals surface area contributed by atoms with E-state index in [1.54, 1.807) is 0 Å². The Morgan fingerprint density at radius 1 is 1.00 bits per heavy atom. The molecule has 0 aliphatic rings. The summed E-state index contributed by atoms with van der Waals surface area (Å²) >= 11 is 2.56. The Labute approximate surface area is 80.4 Å². The zero-order valence-electron chi connectivity index (χ0n) is 4.76. The average molecular weight is 229 g/mol. The van der Waals surface area contributed by atoms with Crippen LogP contribution < -0.4 is 0 Å². The van der Waals surface area contributed by atoms with Gasteiger partial charge in [-0.3, -0.25) is 0 Å². The summed E-state index contributed by atoms with van der Waals surface area (Å²) in [5.74, 6) is 0. The van der Waals surface area contributed by atoms with Gasteiger partial charge >= 0.3 is 44.8 Å². The first-order valence-corrected chi connectivity index (χ1v) is 1.51. The van der Waals surface area contributed by atoms with Gasteiger partial charge < -0.3 is 35.5 Å². The van der Waals surface area contributed by atoms with E-state index in [1.165, 1.54) is 0 Å². The summed E-state index contributed by atoms with van der Waals surface area (Å²) in [7, 11) is 0. The molecule has 0 N–H and O–H groups in total. The van der Waals surface area contributed by atoms with Crippen LogP contribution in [-0.2, 0) is 35.7 Å². The average Bonchev–Trinajstić information content (AvgIpc) is 2.01. The summed E-state index contributed by atoms with van der Waals surface area (Å²) in [5.41, 5.74) is 0. The normalized spacial score (nSPS) is 1.90. The minimum absolute atomic E-state index is 0. The molecule has 5 nitrogen and oxygen atoms in total. The van der Waals surface area contributed by atoms with Gasteiger partial charge in [0, 0.05) is 0 Å². The van der Waals surface area contributed by atoms with Crippen molar-refractivity contribution in [3.05, 3.63) is 24.6 Å². The molecule has 7 heteroatoms. The molecular weight excluding hydrogens is 229 g/mol. The minimum atomic E-state index is 0. The molecular formula is C3FeN4OZn. The molecule has 0 aromatic carbocycles. The summed E-state index contributed by atoms with van der Waals surface area (Å²) in [6.45, 7) is 14.2. The van der Waals surface area contributed by atoms with Gasteiger partial charge in [0.2, 0.25) is 0 Å². The van der Waals surface area contributed by atoms with Crippen LogP contribution in [0.2, 0.25) is 0 Å². The molecule has 0 fully saturated rings. The van der Waals surface area contributed by atoms with Crippen LogP contribution in [-0.4, -0.2) is 0 Å². The molecule has 0 heterocycles. The number of hydrogen-bond donors (Lipinski definition) is 0. The van der Waals surface area contributed by atoms with Crippen LogP contribution in [0.4, 0.5) is 0 Å². The van der Waals surface area contributed by atoms with Gasteiger partial charge in [0.1, 0.15) is 0 Å². The zero-order chi connectivity index (χ0) is 8.71.